The monoisotopic (exact) mass is 127 g/mol. The molecule has 0 aliphatic heterocycles. The van der Waals surface area contributed by atoms with Gasteiger partial charge in [-0.15, -0.1) is 0 Å². The molecule has 0 bridgehead atoms. The lowest BCUT2D eigenvalue weighted by molar-refractivity contribution is 0.429. The smallest absolute Gasteiger partial charge is 0.0436 e. The van der Waals surface area contributed by atoms with Gasteiger partial charge < -0.3 is 0 Å². The van der Waals surface area contributed by atoms with Gasteiger partial charge in [0, 0.05) is 12.3 Å². The fourth-order valence-electron chi connectivity index (χ4n) is 0.395. The summed E-state index contributed by atoms with van der Waals surface area (Å²) in [6.45, 7) is 11.6. The molecule has 1 heteroatoms. The van der Waals surface area contributed by atoms with Gasteiger partial charge in [-0.1, -0.05) is 20.8 Å². The van der Waals surface area contributed by atoms with Crippen LogP contribution in [0.4, 0.5) is 0 Å². The third-order valence-corrected chi connectivity index (χ3v) is 0.870. The van der Waals surface area contributed by atoms with Crippen molar-refractivity contribution in [1.29, 1.82) is 0 Å². The molecular weight excluding hydrogens is 110 g/mol. The minimum absolute atomic E-state index is 0.345. The lowest BCUT2D eigenvalue weighted by Gasteiger charge is -2.14. The van der Waals surface area contributed by atoms with Gasteiger partial charge in [-0.25, -0.2) is 0 Å². The molecule has 0 rings (SSSR count). The molecule has 0 unspecified atom stereocenters. The third-order valence-electron chi connectivity index (χ3n) is 0.870. The first-order valence-electron chi connectivity index (χ1n) is 3.39. The summed E-state index contributed by atoms with van der Waals surface area (Å²) in [7, 11) is 0. The van der Waals surface area contributed by atoms with Crippen LogP contribution in [-0.2, 0) is 0 Å². The lowest BCUT2D eigenvalue weighted by Crippen LogP contribution is -2.10. The largest absolute Gasteiger partial charge is 0.294 e. The second-order valence-electron chi connectivity index (χ2n) is 3.82. The van der Waals surface area contributed by atoms with Crippen molar-refractivity contribution in [3.05, 3.63) is 0 Å². The van der Waals surface area contributed by atoms with Gasteiger partial charge >= 0.3 is 0 Å². The van der Waals surface area contributed by atoms with Crippen molar-refractivity contribution in [1.82, 2.24) is 0 Å². The topological polar surface area (TPSA) is 12.4 Å². The van der Waals surface area contributed by atoms with Gasteiger partial charge in [0.25, 0.3) is 0 Å². The first-order chi connectivity index (χ1) is 3.92. The van der Waals surface area contributed by atoms with Crippen LogP contribution in [0.5, 0.6) is 0 Å². The van der Waals surface area contributed by atoms with Gasteiger partial charge in [-0.2, -0.15) is 0 Å². The van der Waals surface area contributed by atoms with Crippen molar-refractivity contribution >= 4 is 5.71 Å². The van der Waals surface area contributed by atoms with Crippen molar-refractivity contribution in [2.75, 3.05) is 6.54 Å². The van der Waals surface area contributed by atoms with Crippen molar-refractivity contribution < 1.29 is 0 Å². The molecule has 0 amide bonds. The maximum atomic E-state index is 4.31. The average Bonchev–Trinajstić information content (AvgIpc) is 1.59. The summed E-state index contributed by atoms with van der Waals surface area (Å²) in [5, 5.41) is 0. The molecule has 0 N–H and O–H groups in total. The maximum Gasteiger partial charge on any atom is 0.0436 e. The van der Waals surface area contributed by atoms with Crippen LogP contribution in [0.1, 0.15) is 34.6 Å². The number of hydrogen-bond donors (Lipinski definition) is 0. The highest BCUT2D eigenvalue weighted by molar-refractivity contribution is 5.79. The molecular formula is C8H17N. The van der Waals surface area contributed by atoms with E-state index < -0.39 is 0 Å². The zero-order valence-corrected chi connectivity index (χ0v) is 7.15. The van der Waals surface area contributed by atoms with E-state index in [0.717, 1.165) is 6.54 Å². The van der Waals surface area contributed by atoms with Gasteiger partial charge in [-0.3, -0.25) is 4.99 Å². The second-order valence-corrected chi connectivity index (χ2v) is 3.82. The predicted molar refractivity (Wildman–Crippen MR) is 43.1 cm³/mol. The summed E-state index contributed by atoms with van der Waals surface area (Å²) in [5.74, 6) is 0. The molecule has 0 heterocycles. The van der Waals surface area contributed by atoms with E-state index in [-0.39, 0.29) is 0 Å². The highest BCUT2D eigenvalue weighted by atomic mass is 14.7. The summed E-state index contributed by atoms with van der Waals surface area (Å²) in [5.41, 5.74) is 1.52. The highest BCUT2D eigenvalue weighted by Crippen LogP contribution is 2.12. The minimum atomic E-state index is 0.345. The van der Waals surface area contributed by atoms with E-state index in [1.54, 1.807) is 0 Å². The Morgan fingerprint density at radius 2 is 1.67 bits per heavy atom. The summed E-state index contributed by atoms with van der Waals surface area (Å²) >= 11 is 0. The van der Waals surface area contributed by atoms with E-state index in [9.17, 15) is 0 Å². The Labute approximate surface area is 58.2 Å². The van der Waals surface area contributed by atoms with Crippen LogP contribution in [-0.4, -0.2) is 12.3 Å². The van der Waals surface area contributed by atoms with E-state index in [4.69, 9.17) is 0 Å². The molecule has 0 saturated carbocycles. The van der Waals surface area contributed by atoms with Crippen LogP contribution in [0.15, 0.2) is 4.99 Å². The first-order valence-corrected chi connectivity index (χ1v) is 3.39. The molecule has 54 valence electrons. The molecule has 0 saturated heterocycles. The van der Waals surface area contributed by atoms with Gasteiger partial charge in [0.15, 0.2) is 0 Å². The molecule has 0 fully saturated rings. The van der Waals surface area contributed by atoms with Crippen LogP contribution < -0.4 is 0 Å². The minimum Gasteiger partial charge on any atom is -0.294 e. The van der Waals surface area contributed by atoms with Crippen molar-refractivity contribution in [2.45, 2.75) is 34.6 Å². The van der Waals surface area contributed by atoms with Crippen LogP contribution in [0.2, 0.25) is 0 Å². The summed E-state index contributed by atoms with van der Waals surface area (Å²) in [6, 6.07) is 0. The van der Waals surface area contributed by atoms with Crippen LogP contribution in [0.3, 0.4) is 0 Å². The number of hydrogen-bond acceptors (Lipinski definition) is 1. The molecule has 9 heavy (non-hydrogen) atoms. The quantitative estimate of drug-likeness (QED) is 0.480. The molecule has 0 aliphatic rings. The van der Waals surface area contributed by atoms with E-state index in [1.165, 1.54) is 5.71 Å². The predicted octanol–water partition coefficient (Wildman–Crippen LogP) is 2.51. The Kier molecular flexibility index (Phi) is 2.89. The SMILES string of the molecule is CC(C)=NCC(C)(C)C. The Morgan fingerprint density at radius 3 is 1.78 bits per heavy atom. The Hall–Kier alpha value is -0.330. The fraction of sp³-hybridized carbons (Fsp3) is 0.875. The van der Waals surface area contributed by atoms with Crippen molar-refractivity contribution in [2.24, 2.45) is 10.4 Å². The maximum absolute atomic E-state index is 4.31. The highest BCUT2D eigenvalue weighted by Gasteiger charge is 2.07. The molecule has 0 aliphatic carbocycles. The summed E-state index contributed by atoms with van der Waals surface area (Å²) in [4.78, 5) is 4.31. The molecule has 0 atom stereocenters. The Balaban J connectivity index is 3.64. The number of nitrogens with zero attached hydrogens (tertiary/aromatic N) is 1. The normalized spacial score (nSPS) is 11.2. The van der Waals surface area contributed by atoms with E-state index in [0.29, 0.717) is 5.41 Å². The zero-order chi connectivity index (χ0) is 7.49. The second kappa shape index (κ2) is 3.00. The standard InChI is InChI=1S/C8H17N/c1-7(2)9-6-8(3,4)5/h6H2,1-5H3. The summed E-state index contributed by atoms with van der Waals surface area (Å²) < 4.78 is 0. The molecule has 0 aromatic heterocycles. The zero-order valence-electron chi connectivity index (χ0n) is 7.15. The van der Waals surface area contributed by atoms with Crippen molar-refractivity contribution in [3.8, 4) is 0 Å². The van der Waals surface area contributed by atoms with E-state index in [1.807, 2.05) is 13.8 Å². The molecule has 0 radical (unpaired) electrons. The van der Waals surface area contributed by atoms with Crippen LogP contribution in [0, 0.1) is 5.41 Å². The first kappa shape index (κ1) is 8.67. The van der Waals surface area contributed by atoms with Crippen LogP contribution >= 0.6 is 0 Å². The lowest BCUT2D eigenvalue weighted by atomic mass is 9.97. The van der Waals surface area contributed by atoms with Gasteiger partial charge in [0.2, 0.25) is 0 Å². The fourth-order valence-corrected chi connectivity index (χ4v) is 0.395. The van der Waals surface area contributed by atoms with E-state index in [2.05, 4.69) is 25.8 Å². The Bertz CT molecular complexity index is 102. The van der Waals surface area contributed by atoms with Crippen LogP contribution in [0.25, 0.3) is 0 Å². The van der Waals surface area contributed by atoms with Crippen molar-refractivity contribution in [3.63, 3.8) is 0 Å². The van der Waals surface area contributed by atoms with Gasteiger partial charge in [-0.05, 0) is 19.3 Å². The molecule has 0 aromatic rings. The Morgan fingerprint density at radius 1 is 1.22 bits per heavy atom. The molecule has 0 spiro atoms. The molecule has 1 nitrogen and oxygen atoms in total. The van der Waals surface area contributed by atoms with Gasteiger partial charge in [0.05, 0.1) is 0 Å². The number of rotatable bonds is 1. The summed E-state index contributed by atoms with van der Waals surface area (Å²) in [6.07, 6.45) is 0. The third kappa shape index (κ3) is 7.67. The van der Waals surface area contributed by atoms with E-state index >= 15 is 0 Å². The molecule has 0 aromatic carbocycles. The number of aliphatic imine (C=N–C) groups is 1. The average molecular weight is 127 g/mol. The van der Waals surface area contributed by atoms with Gasteiger partial charge in [0.1, 0.15) is 0 Å².